The third-order valence-electron chi connectivity index (χ3n) is 6.02. The zero-order valence-electron chi connectivity index (χ0n) is 19.2. The van der Waals surface area contributed by atoms with Gasteiger partial charge in [0.15, 0.2) is 0 Å². The van der Waals surface area contributed by atoms with Crippen LogP contribution in [0.5, 0.6) is 0 Å². The lowest BCUT2D eigenvalue weighted by molar-refractivity contribution is 0.0151. The number of hydrogen-bond donors (Lipinski definition) is 0. The van der Waals surface area contributed by atoms with Gasteiger partial charge in [-0.1, -0.05) is 49.2 Å². The number of amides is 1. The molecular weight excluding hydrogens is 360 g/mol. The molecule has 1 aromatic rings. The molecule has 1 saturated heterocycles. The fourth-order valence-corrected chi connectivity index (χ4v) is 4.25. The summed E-state index contributed by atoms with van der Waals surface area (Å²) in [7, 11) is 0. The predicted octanol–water partition coefficient (Wildman–Crippen LogP) is 5.51. The van der Waals surface area contributed by atoms with Gasteiger partial charge < -0.3 is 9.64 Å². The van der Waals surface area contributed by atoms with Crippen LogP contribution in [0.15, 0.2) is 29.8 Å². The molecule has 0 N–H and O–H groups in total. The highest BCUT2D eigenvalue weighted by Gasteiger charge is 2.30. The number of benzene rings is 1. The normalized spacial score (nSPS) is 20.7. The molecule has 0 atom stereocenters. The van der Waals surface area contributed by atoms with E-state index in [9.17, 15) is 4.79 Å². The fraction of sp³-hybridized carbons (Fsp3) is 0.640. The van der Waals surface area contributed by atoms with Crippen LogP contribution in [0, 0.1) is 12.3 Å². The van der Waals surface area contributed by atoms with Gasteiger partial charge in [-0.05, 0) is 63.5 Å². The smallest absolute Gasteiger partial charge is 0.410 e. The molecule has 1 aromatic carbocycles. The van der Waals surface area contributed by atoms with E-state index in [0.717, 1.165) is 39.1 Å². The number of rotatable bonds is 3. The van der Waals surface area contributed by atoms with Gasteiger partial charge in [-0.3, -0.25) is 4.90 Å². The summed E-state index contributed by atoms with van der Waals surface area (Å²) in [6.45, 7) is 17.0. The number of carbonyl (C=O) groups is 1. The van der Waals surface area contributed by atoms with E-state index in [4.69, 9.17) is 4.74 Å². The van der Waals surface area contributed by atoms with Crippen LogP contribution in [0.4, 0.5) is 4.79 Å². The van der Waals surface area contributed by atoms with Crippen molar-refractivity contribution < 1.29 is 9.53 Å². The van der Waals surface area contributed by atoms with Crippen LogP contribution in [0.25, 0.3) is 5.57 Å². The standard InChI is InChI=1S/C25H38N2O2/c1-19-7-9-20(10-8-19)22-17-25(5,6)12-11-21(22)18-26-13-15-27(16-14-26)23(28)29-24(2,3)4/h7-10H,11-18H2,1-6H3. The van der Waals surface area contributed by atoms with Gasteiger partial charge in [-0.25, -0.2) is 4.79 Å². The molecule has 4 heteroatoms. The first-order valence-electron chi connectivity index (χ1n) is 11.0. The van der Waals surface area contributed by atoms with Crippen molar-refractivity contribution in [1.29, 1.82) is 0 Å². The lowest BCUT2D eigenvalue weighted by Crippen LogP contribution is -2.50. The van der Waals surface area contributed by atoms with Crippen LogP contribution < -0.4 is 0 Å². The van der Waals surface area contributed by atoms with Crippen molar-refractivity contribution in [1.82, 2.24) is 9.80 Å². The van der Waals surface area contributed by atoms with E-state index in [1.165, 1.54) is 29.5 Å². The summed E-state index contributed by atoms with van der Waals surface area (Å²) in [4.78, 5) is 16.7. The summed E-state index contributed by atoms with van der Waals surface area (Å²) in [5.74, 6) is 0. The molecule has 4 nitrogen and oxygen atoms in total. The van der Waals surface area contributed by atoms with E-state index in [1.54, 1.807) is 5.57 Å². The second-order valence-corrected chi connectivity index (χ2v) is 10.5. The van der Waals surface area contributed by atoms with Gasteiger partial charge in [-0.15, -0.1) is 0 Å². The zero-order valence-corrected chi connectivity index (χ0v) is 19.2. The predicted molar refractivity (Wildman–Crippen MR) is 120 cm³/mol. The SMILES string of the molecule is Cc1ccc(C2=C(CN3CCN(C(=O)OC(C)(C)C)CC3)CCC(C)(C)C2)cc1. The third-order valence-corrected chi connectivity index (χ3v) is 6.02. The number of nitrogens with zero attached hydrogens (tertiary/aromatic N) is 2. The highest BCUT2D eigenvalue weighted by Crippen LogP contribution is 2.43. The Hall–Kier alpha value is -1.81. The maximum Gasteiger partial charge on any atom is 0.410 e. The molecule has 1 aliphatic carbocycles. The first kappa shape index (κ1) is 21.9. The van der Waals surface area contributed by atoms with Crippen molar-refractivity contribution in [3.05, 3.63) is 41.0 Å². The van der Waals surface area contributed by atoms with Crippen molar-refractivity contribution >= 4 is 11.7 Å². The molecule has 160 valence electrons. The monoisotopic (exact) mass is 398 g/mol. The summed E-state index contributed by atoms with van der Waals surface area (Å²) in [5.41, 5.74) is 5.74. The Morgan fingerprint density at radius 1 is 1.07 bits per heavy atom. The Balaban J connectivity index is 1.68. The minimum absolute atomic E-state index is 0.184. The summed E-state index contributed by atoms with van der Waals surface area (Å²) < 4.78 is 5.53. The second-order valence-electron chi connectivity index (χ2n) is 10.5. The van der Waals surface area contributed by atoms with Gasteiger partial charge in [0.25, 0.3) is 0 Å². The van der Waals surface area contributed by atoms with Crippen LogP contribution in [0.3, 0.4) is 0 Å². The number of allylic oxidation sites excluding steroid dienone is 1. The zero-order chi connectivity index (χ0) is 21.2. The lowest BCUT2D eigenvalue weighted by Gasteiger charge is -2.39. The Morgan fingerprint density at radius 3 is 2.28 bits per heavy atom. The molecule has 0 spiro atoms. The van der Waals surface area contributed by atoms with Gasteiger partial charge in [0.2, 0.25) is 0 Å². The van der Waals surface area contributed by atoms with E-state index in [2.05, 4.69) is 49.9 Å². The number of ether oxygens (including phenoxy) is 1. The van der Waals surface area contributed by atoms with Crippen LogP contribution in [0.1, 0.15) is 65.0 Å². The molecule has 3 rings (SSSR count). The Morgan fingerprint density at radius 2 is 1.69 bits per heavy atom. The van der Waals surface area contributed by atoms with Crippen molar-refractivity contribution in [3.63, 3.8) is 0 Å². The van der Waals surface area contributed by atoms with E-state index in [-0.39, 0.29) is 6.09 Å². The van der Waals surface area contributed by atoms with Crippen LogP contribution in [-0.4, -0.2) is 54.2 Å². The maximum absolute atomic E-state index is 12.3. The molecule has 29 heavy (non-hydrogen) atoms. The van der Waals surface area contributed by atoms with Gasteiger partial charge in [0.05, 0.1) is 0 Å². The fourth-order valence-electron chi connectivity index (χ4n) is 4.25. The number of piperazine rings is 1. The van der Waals surface area contributed by atoms with Crippen molar-refractivity contribution in [3.8, 4) is 0 Å². The highest BCUT2D eigenvalue weighted by atomic mass is 16.6. The molecule has 0 unspecified atom stereocenters. The first-order chi connectivity index (χ1) is 13.5. The number of carbonyl (C=O) groups excluding carboxylic acids is 1. The Kier molecular flexibility index (Phi) is 6.42. The summed E-state index contributed by atoms with van der Waals surface area (Å²) >= 11 is 0. The quantitative estimate of drug-likeness (QED) is 0.673. The molecule has 1 heterocycles. The van der Waals surface area contributed by atoms with E-state index in [0.29, 0.717) is 5.41 Å². The van der Waals surface area contributed by atoms with Crippen molar-refractivity contribution in [2.24, 2.45) is 5.41 Å². The Labute approximate surface area is 176 Å². The molecule has 1 amide bonds. The molecule has 1 aliphatic heterocycles. The first-order valence-corrected chi connectivity index (χ1v) is 11.0. The van der Waals surface area contributed by atoms with Gasteiger partial charge in [0.1, 0.15) is 5.60 Å². The summed E-state index contributed by atoms with van der Waals surface area (Å²) in [6, 6.07) is 9.02. The third kappa shape index (κ3) is 6.08. The largest absolute Gasteiger partial charge is 0.444 e. The molecule has 0 radical (unpaired) electrons. The molecule has 2 aliphatic rings. The summed E-state index contributed by atoms with van der Waals surface area (Å²) in [5, 5.41) is 0. The second kappa shape index (κ2) is 8.51. The van der Waals surface area contributed by atoms with Crippen LogP contribution in [0.2, 0.25) is 0 Å². The van der Waals surface area contributed by atoms with E-state index in [1.807, 2.05) is 25.7 Å². The Bertz CT molecular complexity index is 748. The lowest BCUT2D eigenvalue weighted by atomic mass is 9.72. The average Bonchev–Trinajstić information content (AvgIpc) is 2.63. The molecule has 1 fully saturated rings. The van der Waals surface area contributed by atoms with Crippen LogP contribution in [-0.2, 0) is 4.74 Å². The van der Waals surface area contributed by atoms with Gasteiger partial charge in [-0.2, -0.15) is 0 Å². The van der Waals surface area contributed by atoms with E-state index < -0.39 is 5.60 Å². The van der Waals surface area contributed by atoms with Gasteiger partial charge in [0, 0.05) is 32.7 Å². The van der Waals surface area contributed by atoms with Gasteiger partial charge >= 0.3 is 6.09 Å². The minimum atomic E-state index is -0.434. The number of hydrogen-bond acceptors (Lipinski definition) is 3. The van der Waals surface area contributed by atoms with Crippen molar-refractivity contribution in [2.45, 2.75) is 66.4 Å². The number of aryl methyl sites for hydroxylation is 1. The average molecular weight is 399 g/mol. The maximum atomic E-state index is 12.3. The molecule has 0 aromatic heterocycles. The highest BCUT2D eigenvalue weighted by molar-refractivity contribution is 5.71. The molecule has 0 bridgehead atoms. The van der Waals surface area contributed by atoms with Crippen LogP contribution >= 0.6 is 0 Å². The van der Waals surface area contributed by atoms with E-state index >= 15 is 0 Å². The van der Waals surface area contributed by atoms with Crippen molar-refractivity contribution in [2.75, 3.05) is 32.7 Å². The molecular formula is C25H38N2O2. The summed E-state index contributed by atoms with van der Waals surface area (Å²) in [6.07, 6.45) is 3.37. The minimum Gasteiger partial charge on any atom is -0.444 e. The topological polar surface area (TPSA) is 32.8 Å². The molecule has 0 saturated carbocycles.